The standard InChI is InChI=1S/C20H24O2.C19H22O3/c1-5-13-7-11(3)8-14(6-2)17(13)18-19(21)15-9-12(4)10-16(15)20(18)22;1-4-11-6-10(3)7-12(5-2)16(11)17-18(21)14-8-13(20)9-15(14)19(17)22/h7-8,15-16,18H,4-6,9-10H2,1-3H3;6-7,14-15,17H,4-5,8-9H2,1-3H3. The van der Waals surface area contributed by atoms with E-state index in [9.17, 15) is 24.0 Å². The Kier molecular flexibility index (Phi) is 9.07. The molecule has 2 aromatic carbocycles. The summed E-state index contributed by atoms with van der Waals surface area (Å²) in [4.78, 5) is 63.0. The number of carbonyl (C=O) groups is 5. The minimum absolute atomic E-state index is 0.0193. The van der Waals surface area contributed by atoms with Crippen LogP contribution in [0, 0.1) is 37.5 Å². The fourth-order valence-corrected chi connectivity index (χ4v) is 8.57. The van der Waals surface area contributed by atoms with E-state index in [0.717, 1.165) is 53.5 Å². The third-order valence-electron chi connectivity index (χ3n) is 10.6. The van der Waals surface area contributed by atoms with E-state index in [1.54, 1.807) is 0 Å². The van der Waals surface area contributed by atoms with Crippen LogP contribution in [-0.4, -0.2) is 28.9 Å². The first-order valence-corrected chi connectivity index (χ1v) is 16.5. The molecule has 4 saturated carbocycles. The van der Waals surface area contributed by atoms with Gasteiger partial charge in [0.15, 0.2) is 23.1 Å². The number of aryl methyl sites for hydroxylation is 6. The number of benzene rings is 2. The van der Waals surface area contributed by atoms with E-state index in [4.69, 9.17) is 0 Å². The highest BCUT2D eigenvalue weighted by atomic mass is 16.2. The molecule has 4 aliphatic rings. The number of fused-ring (bicyclic) bond motifs is 2. The average molecular weight is 595 g/mol. The van der Waals surface area contributed by atoms with Crippen molar-refractivity contribution in [3.8, 4) is 0 Å². The van der Waals surface area contributed by atoms with Crippen molar-refractivity contribution in [2.75, 3.05) is 0 Å². The highest BCUT2D eigenvalue weighted by molar-refractivity contribution is 6.19. The predicted molar refractivity (Wildman–Crippen MR) is 172 cm³/mol. The van der Waals surface area contributed by atoms with Gasteiger partial charge < -0.3 is 0 Å². The molecule has 232 valence electrons. The molecule has 4 aliphatic carbocycles. The maximum Gasteiger partial charge on any atom is 0.152 e. The molecule has 4 unspecified atom stereocenters. The molecule has 0 amide bonds. The maximum atomic E-state index is 12.9. The minimum Gasteiger partial charge on any atom is -0.300 e. The largest absolute Gasteiger partial charge is 0.300 e. The summed E-state index contributed by atoms with van der Waals surface area (Å²) in [6.45, 7) is 16.4. The van der Waals surface area contributed by atoms with Crippen LogP contribution in [0.1, 0.15) is 110 Å². The van der Waals surface area contributed by atoms with Crippen molar-refractivity contribution >= 4 is 28.9 Å². The zero-order valence-electron chi connectivity index (χ0n) is 27.2. The number of hydrogen-bond acceptors (Lipinski definition) is 5. The van der Waals surface area contributed by atoms with Gasteiger partial charge >= 0.3 is 0 Å². The topological polar surface area (TPSA) is 85.3 Å². The molecule has 0 aliphatic heterocycles. The van der Waals surface area contributed by atoms with Crippen LogP contribution in [0.5, 0.6) is 0 Å². The first-order chi connectivity index (χ1) is 20.9. The summed E-state index contributed by atoms with van der Waals surface area (Å²) in [5, 5.41) is 0. The van der Waals surface area contributed by atoms with Crippen LogP contribution in [-0.2, 0) is 49.7 Å². The van der Waals surface area contributed by atoms with Crippen LogP contribution in [0.3, 0.4) is 0 Å². The molecule has 0 saturated heterocycles. The van der Waals surface area contributed by atoms with Gasteiger partial charge in [-0.05, 0) is 85.8 Å². The van der Waals surface area contributed by atoms with E-state index < -0.39 is 11.8 Å². The van der Waals surface area contributed by atoms with E-state index in [2.05, 4.69) is 65.5 Å². The van der Waals surface area contributed by atoms with Crippen molar-refractivity contribution in [3.63, 3.8) is 0 Å². The molecular formula is C39H46O5. The van der Waals surface area contributed by atoms with Crippen LogP contribution >= 0.6 is 0 Å². The van der Waals surface area contributed by atoms with Gasteiger partial charge in [0.2, 0.25) is 0 Å². The lowest BCUT2D eigenvalue weighted by Crippen LogP contribution is -2.20. The van der Waals surface area contributed by atoms with Gasteiger partial charge in [-0.25, -0.2) is 0 Å². The van der Waals surface area contributed by atoms with Crippen molar-refractivity contribution in [2.45, 2.75) is 105 Å². The van der Waals surface area contributed by atoms with Crippen molar-refractivity contribution in [1.82, 2.24) is 0 Å². The normalized spacial score (nSPS) is 27.6. The second-order valence-corrected chi connectivity index (χ2v) is 13.4. The lowest BCUT2D eigenvalue weighted by Gasteiger charge is -2.19. The summed E-state index contributed by atoms with van der Waals surface area (Å²) < 4.78 is 0. The average Bonchev–Trinajstić information content (AvgIpc) is 3.70. The third kappa shape index (κ3) is 5.37. The smallest absolute Gasteiger partial charge is 0.152 e. The Morgan fingerprint density at radius 1 is 0.523 bits per heavy atom. The number of rotatable bonds is 6. The molecule has 0 spiro atoms. The Labute approximate surface area is 261 Å². The molecule has 4 fully saturated rings. The molecule has 5 heteroatoms. The van der Waals surface area contributed by atoms with Crippen LogP contribution < -0.4 is 0 Å². The van der Waals surface area contributed by atoms with E-state index >= 15 is 0 Å². The van der Waals surface area contributed by atoms with Crippen LogP contribution in [0.15, 0.2) is 36.4 Å². The molecule has 0 heterocycles. The molecule has 5 nitrogen and oxygen atoms in total. The zero-order valence-corrected chi connectivity index (χ0v) is 27.2. The third-order valence-corrected chi connectivity index (χ3v) is 10.6. The Morgan fingerprint density at radius 2 is 0.795 bits per heavy atom. The molecule has 0 bridgehead atoms. The summed E-state index contributed by atoms with van der Waals surface area (Å²) in [5.41, 5.74) is 9.95. The summed E-state index contributed by atoms with van der Waals surface area (Å²) in [6.07, 6.45) is 5.30. The molecular weight excluding hydrogens is 548 g/mol. The molecule has 0 N–H and O–H groups in total. The number of Topliss-reactive ketones (excluding diaryl/α,β-unsaturated/α-hetero) is 5. The lowest BCUT2D eigenvalue weighted by atomic mass is 9.83. The van der Waals surface area contributed by atoms with Gasteiger partial charge in [-0.1, -0.05) is 75.2 Å². The first kappa shape index (κ1) is 31.9. The molecule has 4 atom stereocenters. The second-order valence-electron chi connectivity index (χ2n) is 13.4. The Morgan fingerprint density at radius 3 is 1.07 bits per heavy atom. The van der Waals surface area contributed by atoms with Gasteiger partial charge in [-0.2, -0.15) is 0 Å². The maximum absolute atomic E-state index is 12.9. The van der Waals surface area contributed by atoms with Crippen LogP contribution in [0.2, 0.25) is 0 Å². The summed E-state index contributed by atoms with van der Waals surface area (Å²) >= 11 is 0. The first-order valence-electron chi connectivity index (χ1n) is 16.5. The molecule has 44 heavy (non-hydrogen) atoms. The Balaban J connectivity index is 0.000000175. The van der Waals surface area contributed by atoms with Gasteiger partial charge in [0, 0.05) is 36.5 Å². The van der Waals surface area contributed by atoms with Gasteiger partial charge in [-0.3, -0.25) is 24.0 Å². The fourth-order valence-electron chi connectivity index (χ4n) is 8.57. The Bertz CT molecular complexity index is 1360. The quantitative estimate of drug-likeness (QED) is 0.269. The van der Waals surface area contributed by atoms with Gasteiger partial charge in [0.25, 0.3) is 0 Å². The number of carbonyl (C=O) groups excluding carboxylic acids is 5. The van der Waals surface area contributed by atoms with Crippen LogP contribution in [0.4, 0.5) is 0 Å². The second kappa shape index (κ2) is 12.5. The van der Waals surface area contributed by atoms with E-state index in [1.807, 2.05) is 6.92 Å². The number of hydrogen-bond donors (Lipinski definition) is 0. The minimum atomic E-state index is -0.631. The fraction of sp³-hybridized carbons (Fsp3) is 0.513. The van der Waals surface area contributed by atoms with Crippen molar-refractivity contribution in [2.24, 2.45) is 23.7 Å². The number of allylic oxidation sites excluding steroid dienone is 1. The van der Waals surface area contributed by atoms with E-state index in [0.29, 0.717) is 12.8 Å². The van der Waals surface area contributed by atoms with E-state index in [1.165, 1.54) is 22.3 Å². The molecule has 2 aromatic rings. The van der Waals surface area contributed by atoms with Crippen LogP contribution in [0.25, 0.3) is 0 Å². The highest BCUT2D eigenvalue weighted by Gasteiger charge is 2.55. The SMILES string of the molecule is C=C1CC2C(=O)C(c3c(CC)cc(C)cc3CC)C(=O)C2C1.CCc1cc(C)cc(CC)c1C1C(=O)C2CC(=O)CC2C1=O. The molecule has 0 radical (unpaired) electrons. The number of ketones is 5. The highest BCUT2D eigenvalue weighted by Crippen LogP contribution is 2.49. The predicted octanol–water partition coefficient (Wildman–Crippen LogP) is 6.89. The van der Waals surface area contributed by atoms with E-state index in [-0.39, 0.29) is 65.4 Å². The van der Waals surface area contributed by atoms with Crippen molar-refractivity contribution < 1.29 is 24.0 Å². The van der Waals surface area contributed by atoms with Crippen molar-refractivity contribution in [3.05, 3.63) is 80.9 Å². The monoisotopic (exact) mass is 594 g/mol. The van der Waals surface area contributed by atoms with Gasteiger partial charge in [0.1, 0.15) is 17.6 Å². The van der Waals surface area contributed by atoms with Gasteiger partial charge in [-0.15, -0.1) is 0 Å². The summed E-state index contributed by atoms with van der Waals surface area (Å²) in [6, 6.07) is 8.47. The molecule has 6 rings (SSSR count). The van der Waals surface area contributed by atoms with Crippen molar-refractivity contribution in [1.29, 1.82) is 0 Å². The zero-order chi connectivity index (χ0) is 32.0. The lowest BCUT2D eigenvalue weighted by molar-refractivity contribution is -0.128. The summed E-state index contributed by atoms with van der Waals surface area (Å²) in [5.74, 6) is -1.79. The molecule has 0 aromatic heterocycles. The Hall–Kier alpha value is -3.47. The summed E-state index contributed by atoms with van der Waals surface area (Å²) in [7, 11) is 0. The van der Waals surface area contributed by atoms with Gasteiger partial charge in [0.05, 0.1) is 0 Å².